The predicted octanol–water partition coefficient (Wildman–Crippen LogP) is 4.82. The van der Waals surface area contributed by atoms with Crippen LogP contribution in [-0.4, -0.2) is 13.7 Å². The zero-order valence-corrected chi connectivity index (χ0v) is 12.2. The van der Waals surface area contributed by atoms with Crippen LogP contribution < -0.4 is 4.74 Å². The molecule has 0 aliphatic heterocycles. The van der Waals surface area contributed by atoms with E-state index in [4.69, 9.17) is 9.47 Å². The number of unbranched alkanes of at least 4 members (excludes halogenated alkanes) is 1. The predicted molar refractivity (Wildman–Crippen MR) is 81.3 cm³/mol. The number of rotatable bonds is 8. The molecule has 0 atom stereocenters. The van der Waals surface area contributed by atoms with Crippen LogP contribution in [0.2, 0.25) is 0 Å². The first-order valence-electron chi connectivity index (χ1n) is 6.94. The van der Waals surface area contributed by atoms with E-state index >= 15 is 0 Å². The van der Waals surface area contributed by atoms with Gasteiger partial charge in [0, 0.05) is 6.42 Å². The normalized spacial score (nSPS) is 11.8. The third-order valence-electron chi connectivity index (χ3n) is 2.79. The van der Waals surface area contributed by atoms with Gasteiger partial charge in [-0.15, -0.1) is 0 Å². The lowest BCUT2D eigenvalue weighted by atomic mass is 10.2. The zero-order chi connectivity index (χ0) is 13.9. The average Bonchev–Trinajstić information content (AvgIpc) is 2.45. The first-order valence-corrected chi connectivity index (χ1v) is 6.94. The first kappa shape index (κ1) is 15.4. The lowest BCUT2D eigenvalue weighted by Crippen LogP contribution is -1.91. The number of hydrogen-bond acceptors (Lipinski definition) is 2. The van der Waals surface area contributed by atoms with Gasteiger partial charge in [-0.3, -0.25) is 0 Å². The summed E-state index contributed by atoms with van der Waals surface area (Å²) in [6, 6.07) is 8.00. The van der Waals surface area contributed by atoms with Crippen molar-refractivity contribution in [3.8, 4) is 5.75 Å². The van der Waals surface area contributed by atoms with Crippen molar-refractivity contribution in [1.82, 2.24) is 0 Å². The van der Waals surface area contributed by atoms with E-state index in [-0.39, 0.29) is 0 Å². The Morgan fingerprint density at radius 2 is 1.89 bits per heavy atom. The molecule has 2 nitrogen and oxygen atoms in total. The molecule has 0 aliphatic carbocycles. The fraction of sp³-hybridized carbons (Fsp3) is 0.412. The summed E-state index contributed by atoms with van der Waals surface area (Å²) >= 11 is 0. The van der Waals surface area contributed by atoms with Gasteiger partial charge < -0.3 is 9.47 Å². The summed E-state index contributed by atoms with van der Waals surface area (Å²) in [5, 5.41) is 0. The summed E-state index contributed by atoms with van der Waals surface area (Å²) in [4.78, 5) is 0. The van der Waals surface area contributed by atoms with E-state index in [0.717, 1.165) is 30.1 Å². The Hall–Kier alpha value is -1.70. The van der Waals surface area contributed by atoms with Gasteiger partial charge >= 0.3 is 0 Å². The molecule has 1 aromatic carbocycles. The molecule has 0 saturated heterocycles. The van der Waals surface area contributed by atoms with Gasteiger partial charge in [-0.25, -0.2) is 0 Å². The minimum absolute atomic E-state index is 0.728. The quantitative estimate of drug-likeness (QED) is 0.493. The van der Waals surface area contributed by atoms with E-state index in [1.165, 1.54) is 12.8 Å². The van der Waals surface area contributed by atoms with E-state index in [2.05, 4.69) is 19.1 Å². The van der Waals surface area contributed by atoms with Crippen LogP contribution in [0.1, 0.15) is 38.7 Å². The van der Waals surface area contributed by atoms with Gasteiger partial charge in [0.05, 0.1) is 19.5 Å². The third-order valence-corrected chi connectivity index (χ3v) is 2.79. The minimum atomic E-state index is 0.728. The van der Waals surface area contributed by atoms with E-state index in [1.54, 1.807) is 7.11 Å². The van der Waals surface area contributed by atoms with Gasteiger partial charge in [-0.1, -0.05) is 37.6 Å². The zero-order valence-electron chi connectivity index (χ0n) is 12.2. The number of hydrogen-bond donors (Lipinski definition) is 0. The second-order valence-electron chi connectivity index (χ2n) is 4.30. The average molecular weight is 260 g/mol. The van der Waals surface area contributed by atoms with E-state index in [9.17, 15) is 0 Å². The second-order valence-corrected chi connectivity index (χ2v) is 4.30. The molecule has 2 heteroatoms. The van der Waals surface area contributed by atoms with Crippen molar-refractivity contribution >= 4 is 6.08 Å². The van der Waals surface area contributed by atoms with Gasteiger partial charge in [-0.05, 0) is 37.1 Å². The molecule has 0 N–H and O–H groups in total. The minimum Gasteiger partial charge on any atom is -0.498 e. The van der Waals surface area contributed by atoms with E-state index < -0.39 is 0 Å². The molecule has 1 rings (SSSR count). The highest BCUT2D eigenvalue weighted by Gasteiger charge is 1.95. The van der Waals surface area contributed by atoms with Gasteiger partial charge in [-0.2, -0.15) is 0 Å². The molecule has 0 bridgehead atoms. The Morgan fingerprint density at radius 1 is 1.16 bits per heavy atom. The lowest BCUT2D eigenvalue weighted by molar-refractivity contribution is 0.217. The molecule has 0 fully saturated rings. The Kier molecular flexibility index (Phi) is 7.48. The number of ether oxygens (including phenoxy) is 2. The van der Waals surface area contributed by atoms with Crippen molar-refractivity contribution < 1.29 is 9.47 Å². The maximum Gasteiger partial charge on any atom is 0.118 e. The lowest BCUT2D eigenvalue weighted by Gasteiger charge is -2.06. The molecule has 0 amide bonds. The van der Waals surface area contributed by atoms with Crippen LogP contribution in [0.25, 0.3) is 6.08 Å². The summed E-state index contributed by atoms with van der Waals surface area (Å²) in [5.41, 5.74) is 1.16. The molecule has 0 aromatic heterocycles. The number of methoxy groups -OCH3 is 1. The van der Waals surface area contributed by atoms with Crippen LogP contribution in [0.4, 0.5) is 0 Å². The van der Waals surface area contributed by atoms with Crippen molar-refractivity contribution in [1.29, 1.82) is 0 Å². The Bertz CT molecular complexity index is 402. The molecular formula is C17H24O2. The molecule has 0 heterocycles. The highest BCUT2D eigenvalue weighted by Crippen LogP contribution is 2.13. The molecule has 0 radical (unpaired) electrons. The summed E-state index contributed by atoms with van der Waals surface area (Å²) in [5.74, 6) is 1.94. The van der Waals surface area contributed by atoms with Crippen molar-refractivity contribution in [3.05, 3.63) is 47.7 Å². The van der Waals surface area contributed by atoms with Crippen LogP contribution in [0.15, 0.2) is 42.2 Å². The van der Waals surface area contributed by atoms with Crippen LogP contribution in [0.5, 0.6) is 5.75 Å². The molecule has 104 valence electrons. The summed E-state index contributed by atoms with van der Waals surface area (Å²) in [6.45, 7) is 4.94. The SMILES string of the molecule is CCCCC(=CC=Cc1ccc(OC)cc1)OCC. The molecule has 0 spiro atoms. The van der Waals surface area contributed by atoms with Gasteiger partial charge in [0.15, 0.2) is 0 Å². The maximum atomic E-state index is 5.61. The molecule has 0 saturated carbocycles. The van der Waals surface area contributed by atoms with Crippen LogP contribution in [0, 0.1) is 0 Å². The number of benzene rings is 1. The molecule has 0 aliphatic rings. The highest BCUT2D eigenvalue weighted by molar-refractivity contribution is 5.52. The van der Waals surface area contributed by atoms with E-state index in [1.807, 2.05) is 37.3 Å². The monoisotopic (exact) mass is 260 g/mol. The van der Waals surface area contributed by atoms with Gasteiger partial charge in [0.1, 0.15) is 5.75 Å². The molecule has 19 heavy (non-hydrogen) atoms. The topological polar surface area (TPSA) is 18.5 Å². The van der Waals surface area contributed by atoms with Crippen molar-refractivity contribution in [2.75, 3.05) is 13.7 Å². The van der Waals surface area contributed by atoms with Crippen molar-refractivity contribution in [3.63, 3.8) is 0 Å². The Balaban J connectivity index is 2.60. The fourth-order valence-corrected chi connectivity index (χ4v) is 1.72. The van der Waals surface area contributed by atoms with Crippen molar-refractivity contribution in [2.45, 2.75) is 33.1 Å². The molecule has 0 unspecified atom stereocenters. The summed E-state index contributed by atoms with van der Waals surface area (Å²) < 4.78 is 10.7. The summed E-state index contributed by atoms with van der Waals surface area (Å²) in [7, 11) is 1.68. The van der Waals surface area contributed by atoms with Crippen LogP contribution in [-0.2, 0) is 4.74 Å². The molecular weight excluding hydrogens is 236 g/mol. The van der Waals surface area contributed by atoms with Gasteiger partial charge in [0.2, 0.25) is 0 Å². The fourth-order valence-electron chi connectivity index (χ4n) is 1.72. The maximum absolute atomic E-state index is 5.61. The largest absolute Gasteiger partial charge is 0.498 e. The van der Waals surface area contributed by atoms with Crippen LogP contribution in [0.3, 0.4) is 0 Å². The second kappa shape index (κ2) is 9.26. The number of allylic oxidation sites excluding steroid dienone is 3. The summed E-state index contributed by atoms with van der Waals surface area (Å²) in [6.07, 6.45) is 9.54. The first-order chi connectivity index (χ1) is 9.30. The standard InChI is InChI=1S/C17H24O2/c1-4-6-9-17(19-5-2)10-7-8-15-11-13-16(18-3)14-12-15/h7-8,10-14H,4-6,9H2,1-3H3. The Labute approximate surface area is 116 Å². The van der Waals surface area contributed by atoms with Crippen molar-refractivity contribution in [2.24, 2.45) is 0 Å². The van der Waals surface area contributed by atoms with Crippen LogP contribution >= 0.6 is 0 Å². The Morgan fingerprint density at radius 3 is 2.47 bits per heavy atom. The third kappa shape index (κ3) is 6.14. The van der Waals surface area contributed by atoms with Gasteiger partial charge in [0.25, 0.3) is 0 Å². The highest BCUT2D eigenvalue weighted by atomic mass is 16.5. The van der Waals surface area contributed by atoms with E-state index in [0.29, 0.717) is 0 Å². The smallest absolute Gasteiger partial charge is 0.118 e. The molecule has 1 aromatic rings.